The number of hydrogen-bond acceptors (Lipinski definition) is 5. The standard InChI is InChI=1S/C22H15BrF3N3O3/c23-18-9-16(12-27-13-18)21(31)32-14-20(30)29(28-11-15-5-2-1-3-6-15)19-8-4-7-17(10-19)22(24,25)26/h1-13H,14H2/b28-11+. The molecule has 0 saturated heterocycles. The number of hydrogen-bond donors (Lipinski definition) is 0. The van der Waals surface area contributed by atoms with Gasteiger partial charge in [-0.2, -0.15) is 23.3 Å². The summed E-state index contributed by atoms with van der Waals surface area (Å²) in [7, 11) is 0. The molecule has 0 saturated carbocycles. The molecule has 3 rings (SSSR count). The zero-order valence-electron chi connectivity index (χ0n) is 16.3. The number of nitrogens with zero attached hydrogens (tertiary/aromatic N) is 3. The van der Waals surface area contributed by atoms with Crippen LogP contribution in [0.1, 0.15) is 21.5 Å². The van der Waals surface area contributed by atoms with Crippen molar-refractivity contribution in [2.24, 2.45) is 5.10 Å². The highest BCUT2D eigenvalue weighted by atomic mass is 79.9. The second kappa shape index (κ2) is 10.2. The predicted octanol–water partition coefficient (Wildman–Crippen LogP) is 5.09. The van der Waals surface area contributed by atoms with Crippen LogP contribution in [0.4, 0.5) is 18.9 Å². The number of ether oxygens (including phenoxy) is 1. The number of halogens is 4. The third-order valence-corrected chi connectivity index (χ3v) is 4.48. The van der Waals surface area contributed by atoms with E-state index in [2.05, 4.69) is 26.0 Å². The summed E-state index contributed by atoms with van der Waals surface area (Å²) in [5.41, 5.74) is -0.350. The first-order valence-electron chi connectivity index (χ1n) is 9.11. The van der Waals surface area contributed by atoms with Gasteiger partial charge in [0.25, 0.3) is 5.91 Å². The molecule has 164 valence electrons. The van der Waals surface area contributed by atoms with E-state index < -0.39 is 30.2 Å². The van der Waals surface area contributed by atoms with Crippen molar-refractivity contribution in [2.75, 3.05) is 11.6 Å². The van der Waals surface area contributed by atoms with E-state index in [9.17, 15) is 22.8 Å². The molecule has 0 spiro atoms. The van der Waals surface area contributed by atoms with Crippen molar-refractivity contribution in [3.63, 3.8) is 0 Å². The molecule has 2 aromatic carbocycles. The number of anilines is 1. The second-order valence-electron chi connectivity index (χ2n) is 6.38. The summed E-state index contributed by atoms with van der Waals surface area (Å²) in [6, 6.07) is 14.3. The topological polar surface area (TPSA) is 71.9 Å². The Morgan fingerprint density at radius 3 is 2.50 bits per heavy atom. The summed E-state index contributed by atoms with van der Waals surface area (Å²) in [5, 5.41) is 4.79. The highest BCUT2D eigenvalue weighted by molar-refractivity contribution is 9.10. The number of pyridine rings is 1. The number of amides is 1. The van der Waals surface area contributed by atoms with E-state index >= 15 is 0 Å². The van der Waals surface area contributed by atoms with Crippen LogP contribution < -0.4 is 5.01 Å². The molecular weight excluding hydrogens is 491 g/mol. The fourth-order valence-corrected chi connectivity index (χ4v) is 2.91. The largest absolute Gasteiger partial charge is 0.452 e. The molecule has 0 unspecified atom stereocenters. The molecule has 0 N–H and O–H groups in total. The Labute approximate surface area is 189 Å². The summed E-state index contributed by atoms with van der Waals surface area (Å²) in [5.74, 6) is -1.66. The summed E-state index contributed by atoms with van der Waals surface area (Å²) >= 11 is 3.17. The van der Waals surface area contributed by atoms with Crippen molar-refractivity contribution in [3.8, 4) is 0 Å². The van der Waals surface area contributed by atoms with Crippen LogP contribution in [0.5, 0.6) is 0 Å². The Morgan fingerprint density at radius 2 is 1.81 bits per heavy atom. The second-order valence-corrected chi connectivity index (χ2v) is 7.29. The van der Waals surface area contributed by atoms with Crippen LogP contribution in [0, 0.1) is 0 Å². The van der Waals surface area contributed by atoms with Crippen LogP contribution in [0.2, 0.25) is 0 Å². The molecular formula is C22H15BrF3N3O3. The van der Waals surface area contributed by atoms with E-state index in [1.165, 1.54) is 30.7 Å². The minimum atomic E-state index is -4.60. The fraction of sp³-hybridized carbons (Fsp3) is 0.0909. The first kappa shape index (κ1) is 23.1. The number of esters is 1. The van der Waals surface area contributed by atoms with E-state index in [4.69, 9.17) is 4.74 Å². The van der Waals surface area contributed by atoms with Gasteiger partial charge in [-0.05, 0) is 45.8 Å². The summed E-state index contributed by atoms with van der Waals surface area (Å²) in [6.45, 7) is -0.742. The smallest absolute Gasteiger partial charge is 0.416 e. The number of hydrazone groups is 1. The van der Waals surface area contributed by atoms with Gasteiger partial charge in [-0.3, -0.25) is 9.78 Å². The molecule has 6 nitrogen and oxygen atoms in total. The van der Waals surface area contributed by atoms with Crippen LogP contribution in [0.25, 0.3) is 0 Å². The molecule has 0 bridgehead atoms. The van der Waals surface area contributed by atoms with E-state index in [1.807, 2.05) is 0 Å². The van der Waals surface area contributed by atoms with Crippen LogP contribution in [0.15, 0.2) is 82.6 Å². The van der Waals surface area contributed by atoms with Gasteiger partial charge in [0.15, 0.2) is 6.61 Å². The van der Waals surface area contributed by atoms with Crippen molar-refractivity contribution >= 4 is 39.7 Å². The minimum Gasteiger partial charge on any atom is -0.452 e. The number of benzene rings is 2. The summed E-state index contributed by atoms with van der Waals surface area (Å²) in [6.07, 6.45) is -0.558. The Kier molecular flexibility index (Phi) is 7.37. The highest BCUT2D eigenvalue weighted by Crippen LogP contribution is 2.31. The van der Waals surface area contributed by atoms with E-state index in [0.717, 1.165) is 23.2 Å². The molecule has 3 aromatic rings. The Bertz CT molecular complexity index is 1140. The molecule has 0 radical (unpaired) electrons. The Morgan fingerprint density at radius 1 is 1.06 bits per heavy atom. The van der Waals surface area contributed by atoms with Crippen molar-refractivity contribution in [1.29, 1.82) is 0 Å². The fourth-order valence-electron chi connectivity index (χ4n) is 2.55. The van der Waals surface area contributed by atoms with Gasteiger partial charge < -0.3 is 4.74 Å². The van der Waals surface area contributed by atoms with Crippen LogP contribution in [0.3, 0.4) is 0 Å². The van der Waals surface area contributed by atoms with Crippen LogP contribution in [-0.4, -0.2) is 29.7 Å². The third-order valence-electron chi connectivity index (χ3n) is 4.04. The average Bonchev–Trinajstić information content (AvgIpc) is 2.78. The monoisotopic (exact) mass is 505 g/mol. The van der Waals surface area contributed by atoms with Gasteiger partial charge in [0.05, 0.1) is 23.0 Å². The molecule has 0 aliphatic carbocycles. The first-order valence-corrected chi connectivity index (χ1v) is 9.90. The Hall–Kier alpha value is -3.53. The molecule has 10 heteroatoms. The SMILES string of the molecule is O=C(OCC(=O)N(/N=C/c1ccccc1)c1cccc(C(F)(F)F)c1)c1cncc(Br)c1. The van der Waals surface area contributed by atoms with E-state index in [0.29, 0.717) is 10.0 Å². The van der Waals surface area contributed by atoms with E-state index in [1.54, 1.807) is 30.3 Å². The van der Waals surface area contributed by atoms with Crippen LogP contribution >= 0.6 is 15.9 Å². The lowest BCUT2D eigenvalue weighted by Gasteiger charge is -2.18. The number of rotatable bonds is 6. The van der Waals surface area contributed by atoms with Crippen molar-refractivity contribution in [3.05, 3.63) is 94.2 Å². The van der Waals surface area contributed by atoms with Gasteiger partial charge in [0, 0.05) is 16.9 Å². The number of carbonyl (C=O) groups excluding carboxylic acids is 2. The highest BCUT2D eigenvalue weighted by Gasteiger charge is 2.31. The van der Waals surface area contributed by atoms with Crippen molar-refractivity contribution in [2.45, 2.75) is 6.18 Å². The van der Waals surface area contributed by atoms with Crippen molar-refractivity contribution < 1.29 is 27.5 Å². The van der Waals surface area contributed by atoms with Gasteiger partial charge >= 0.3 is 12.1 Å². The van der Waals surface area contributed by atoms with Gasteiger partial charge in [-0.15, -0.1) is 0 Å². The zero-order chi connectivity index (χ0) is 23.1. The summed E-state index contributed by atoms with van der Waals surface area (Å²) < 4.78 is 45.0. The van der Waals surface area contributed by atoms with Gasteiger partial charge in [0.1, 0.15) is 0 Å². The summed E-state index contributed by atoms with van der Waals surface area (Å²) in [4.78, 5) is 28.8. The number of alkyl halides is 3. The normalized spacial score (nSPS) is 11.4. The lowest BCUT2D eigenvalue weighted by Crippen LogP contribution is -2.31. The quantitative estimate of drug-likeness (QED) is 0.266. The molecule has 0 aliphatic rings. The number of aromatic nitrogens is 1. The Balaban J connectivity index is 1.84. The van der Waals surface area contributed by atoms with E-state index in [-0.39, 0.29) is 11.3 Å². The molecule has 1 aromatic heterocycles. The number of carbonyl (C=O) groups is 2. The molecule has 1 amide bonds. The lowest BCUT2D eigenvalue weighted by molar-refractivity contribution is -0.137. The third kappa shape index (κ3) is 6.24. The lowest BCUT2D eigenvalue weighted by atomic mass is 10.2. The van der Waals surface area contributed by atoms with Crippen molar-refractivity contribution in [1.82, 2.24) is 4.98 Å². The molecule has 0 atom stereocenters. The molecule has 0 fully saturated rings. The maximum absolute atomic E-state index is 13.1. The molecule has 1 heterocycles. The maximum Gasteiger partial charge on any atom is 0.416 e. The van der Waals surface area contributed by atoms with Gasteiger partial charge in [-0.1, -0.05) is 36.4 Å². The van der Waals surface area contributed by atoms with Gasteiger partial charge in [0.2, 0.25) is 0 Å². The first-order chi connectivity index (χ1) is 15.2. The predicted molar refractivity (Wildman–Crippen MR) is 115 cm³/mol. The molecule has 32 heavy (non-hydrogen) atoms. The van der Waals surface area contributed by atoms with Crippen LogP contribution in [-0.2, 0) is 15.7 Å². The minimum absolute atomic E-state index is 0.102. The zero-order valence-corrected chi connectivity index (χ0v) is 17.9. The maximum atomic E-state index is 13.1. The van der Waals surface area contributed by atoms with Gasteiger partial charge in [-0.25, -0.2) is 4.79 Å². The molecule has 0 aliphatic heterocycles. The average molecular weight is 506 g/mol.